The Morgan fingerprint density at radius 3 is 2.55 bits per heavy atom. The van der Waals surface area contributed by atoms with E-state index in [1.165, 1.54) is 18.5 Å². The number of nitrogens with one attached hydrogen (secondary N) is 2. The summed E-state index contributed by atoms with van der Waals surface area (Å²) >= 11 is 0. The van der Waals surface area contributed by atoms with Gasteiger partial charge in [0, 0.05) is 24.7 Å². The highest BCUT2D eigenvalue weighted by atomic mass is 19.4. The lowest BCUT2D eigenvalue weighted by Crippen LogP contribution is -2.62. The van der Waals surface area contributed by atoms with Crippen molar-refractivity contribution in [2.75, 3.05) is 19.8 Å². The van der Waals surface area contributed by atoms with Gasteiger partial charge in [0.05, 0.1) is 42.0 Å². The summed E-state index contributed by atoms with van der Waals surface area (Å²) in [4.78, 5) is 7.37. The number of aromatic nitrogens is 5. The Bertz CT molecular complexity index is 1700. The van der Waals surface area contributed by atoms with Gasteiger partial charge in [0.25, 0.3) is 0 Å². The number of halogens is 4. The number of hydrogen-bond donors (Lipinski definition) is 3. The Kier molecular flexibility index (Phi) is 6.40. The van der Waals surface area contributed by atoms with Crippen molar-refractivity contribution in [3.63, 3.8) is 0 Å². The molecule has 206 valence electrons. The van der Waals surface area contributed by atoms with Crippen LogP contribution in [0.3, 0.4) is 0 Å². The first-order valence-electron chi connectivity index (χ1n) is 12.4. The van der Waals surface area contributed by atoms with Crippen LogP contribution >= 0.6 is 0 Å². The first-order valence-corrected chi connectivity index (χ1v) is 12.4. The van der Waals surface area contributed by atoms with Crippen molar-refractivity contribution in [3.05, 3.63) is 77.9 Å². The van der Waals surface area contributed by atoms with Gasteiger partial charge in [-0.15, -0.1) is 10.2 Å². The van der Waals surface area contributed by atoms with E-state index >= 15 is 0 Å². The Hall–Kier alpha value is -4.13. The number of nitrogens with zero attached hydrogens (tertiary/aromatic N) is 4. The van der Waals surface area contributed by atoms with Gasteiger partial charge >= 0.3 is 6.18 Å². The van der Waals surface area contributed by atoms with Crippen molar-refractivity contribution in [3.8, 4) is 33.9 Å². The van der Waals surface area contributed by atoms with E-state index in [0.29, 0.717) is 33.6 Å². The zero-order valence-electron chi connectivity index (χ0n) is 21.3. The van der Waals surface area contributed by atoms with Gasteiger partial charge in [0.15, 0.2) is 5.82 Å². The molecule has 1 fully saturated rings. The summed E-state index contributed by atoms with van der Waals surface area (Å²) in [7, 11) is 1.75. The molecule has 2 aromatic heterocycles. The average molecular weight is 553 g/mol. The largest absolute Gasteiger partial charge is 0.418 e. The zero-order chi connectivity index (χ0) is 28.1. The Labute approximate surface area is 225 Å². The molecule has 3 heterocycles. The van der Waals surface area contributed by atoms with Gasteiger partial charge in [-0.3, -0.25) is 0 Å². The maximum absolute atomic E-state index is 14.2. The summed E-state index contributed by atoms with van der Waals surface area (Å²) in [5.41, 5.74) is 1.39. The van der Waals surface area contributed by atoms with Gasteiger partial charge in [-0.1, -0.05) is 24.3 Å². The van der Waals surface area contributed by atoms with E-state index in [9.17, 15) is 22.7 Å². The molecule has 1 saturated heterocycles. The third-order valence-electron chi connectivity index (χ3n) is 7.07. The van der Waals surface area contributed by atoms with E-state index in [1.807, 2.05) is 6.07 Å². The molecular weight excluding hydrogens is 528 g/mol. The van der Waals surface area contributed by atoms with Gasteiger partial charge in [0.1, 0.15) is 18.0 Å². The van der Waals surface area contributed by atoms with Crippen molar-refractivity contribution >= 4 is 11.0 Å². The van der Waals surface area contributed by atoms with Crippen LogP contribution < -0.4 is 5.32 Å². The highest BCUT2D eigenvalue weighted by molar-refractivity contribution is 5.86. The highest BCUT2D eigenvalue weighted by Gasteiger charge is 2.38. The normalized spacial score (nSPS) is 14.9. The maximum atomic E-state index is 14.2. The molecular formula is C28H24F4N6O2. The van der Waals surface area contributed by atoms with Crippen LogP contribution in [0.25, 0.3) is 44.9 Å². The molecule has 8 nitrogen and oxygen atoms in total. The molecule has 1 aliphatic heterocycles. The van der Waals surface area contributed by atoms with Crippen LogP contribution in [-0.4, -0.2) is 55.2 Å². The predicted molar refractivity (Wildman–Crippen MR) is 139 cm³/mol. The number of aliphatic hydroxyl groups is 1. The number of ether oxygens (including phenoxy) is 1. The second-order valence-corrected chi connectivity index (χ2v) is 9.94. The zero-order valence-corrected chi connectivity index (χ0v) is 21.3. The number of aliphatic hydroxyl groups excluding tert-OH is 1. The van der Waals surface area contributed by atoms with Gasteiger partial charge < -0.3 is 24.7 Å². The topological polar surface area (TPSA) is 101 Å². The number of imidazole rings is 1. The van der Waals surface area contributed by atoms with Gasteiger partial charge in [-0.2, -0.15) is 13.2 Å². The number of aromatic amines is 1. The van der Waals surface area contributed by atoms with Crippen LogP contribution in [0.1, 0.15) is 11.1 Å². The fourth-order valence-corrected chi connectivity index (χ4v) is 4.84. The second-order valence-electron chi connectivity index (χ2n) is 9.94. The number of benzene rings is 3. The lowest BCUT2D eigenvalue weighted by atomic mass is 9.97. The summed E-state index contributed by atoms with van der Waals surface area (Å²) in [6.45, 7) is 0.493. The van der Waals surface area contributed by atoms with Crippen LogP contribution in [0.5, 0.6) is 0 Å². The van der Waals surface area contributed by atoms with Crippen LogP contribution in [0.15, 0.2) is 60.9 Å². The second kappa shape index (κ2) is 9.81. The quantitative estimate of drug-likeness (QED) is 0.253. The summed E-state index contributed by atoms with van der Waals surface area (Å²) < 4.78 is 63.3. The van der Waals surface area contributed by atoms with Gasteiger partial charge in [0.2, 0.25) is 0 Å². The van der Waals surface area contributed by atoms with E-state index in [2.05, 4.69) is 25.5 Å². The van der Waals surface area contributed by atoms with Gasteiger partial charge in [-0.05, 0) is 47.0 Å². The first-order chi connectivity index (χ1) is 19.2. The Morgan fingerprint density at radius 2 is 1.88 bits per heavy atom. The number of aryl methyl sites for hydroxylation is 1. The third kappa shape index (κ3) is 4.74. The molecule has 5 aromatic rings. The van der Waals surface area contributed by atoms with Gasteiger partial charge in [-0.25, -0.2) is 9.37 Å². The third-order valence-corrected chi connectivity index (χ3v) is 7.07. The smallest absolute Gasteiger partial charge is 0.394 e. The van der Waals surface area contributed by atoms with Crippen molar-refractivity contribution in [1.29, 1.82) is 0 Å². The van der Waals surface area contributed by atoms with Crippen LogP contribution in [0.4, 0.5) is 17.6 Å². The summed E-state index contributed by atoms with van der Waals surface area (Å²) in [5, 5.41) is 20.7. The molecule has 1 aliphatic rings. The van der Waals surface area contributed by atoms with E-state index in [-0.39, 0.29) is 43.2 Å². The molecule has 0 saturated carbocycles. The summed E-state index contributed by atoms with van der Waals surface area (Å²) in [6, 6.07) is 14.1. The Balaban J connectivity index is 1.40. The fraction of sp³-hybridized carbons (Fsp3) is 0.250. The van der Waals surface area contributed by atoms with Crippen LogP contribution in [-0.2, 0) is 24.5 Å². The molecule has 0 radical (unpaired) electrons. The molecule has 0 unspecified atom stereocenters. The molecule has 0 aliphatic carbocycles. The standard InChI is InChI=1S/C28H24F4N6O2/c1-38-15-34-37-26(38)21-10-19(29)5-6-20(21)17-3-2-4-18(9-17)25-35-23-8-16(11-33-27(12-39)13-40-14-27)7-22(24(23)36-25)28(30,31)32/h2-10,15,33,39H,11-14H2,1H3,(H,35,36). The van der Waals surface area contributed by atoms with Crippen molar-refractivity contribution < 1.29 is 27.4 Å². The predicted octanol–water partition coefficient (Wildman–Crippen LogP) is 4.70. The number of alkyl halides is 3. The molecule has 0 amide bonds. The van der Waals surface area contributed by atoms with Crippen LogP contribution in [0, 0.1) is 5.82 Å². The van der Waals surface area contributed by atoms with Crippen molar-refractivity contribution in [2.45, 2.75) is 18.3 Å². The maximum Gasteiger partial charge on any atom is 0.418 e. The van der Waals surface area contributed by atoms with Crippen LogP contribution in [0.2, 0.25) is 0 Å². The number of H-pyrrole nitrogens is 1. The molecule has 3 N–H and O–H groups in total. The number of hydrogen-bond acceptors (Lipinski definition) is 6. The minimum Gasteiger partial charge on any atom is -0.394 e. The molecule has 40 heavy (non-hydrogen) atoms. The number of fused-ring (bicyclic) bond motifs is 1. The fourth-order valence-electron chi connectivity index (χ4n) is 4.84. The first kappa shape index (κ1) is 26.1. The highest BCUT2D eigenvalue weighted by Crippen LogP contribution is 2.37. The minimum absolute atomic E-state index is 0.107. The molecule has 0 atom stereocenters. The van der Waals surface area contributed by atoms with E-state index in [4.69, 9.17) is 4.74 Å². The summed E-state index contributed by atoms with van der Waals surface area (Å²) in [6.07, 6.45) is -3.10. The van der Waals surface area contributed by atoms with E-state index in [0.717, 1.165) is 6.07 Å². The van der Waals surface area contributed by atoms with Crippen molar-refractivity contribution in [2.24, 2.45) is 7.05 Å². The Morgan fingerprint density at radius 1 is 1.07 bits per heavy atom. The molecule has 6 rings (SSSR count). The SMILES string of the molecule is Cn1cnnc1-c1cc(F)ccc1-c1cccc(-c2nc3cc(CNC4(CO)COC4)cc(C(F)(F)F)c3[nH]2)c1. The monoisotopic (exact) mass is 552 g/mol. The lowest BCUT2D eigenvalue weighted by molar-refractivity contribution is -0.136. The lowest BCUT2D eigenvalue weighted by Gasteiger charge is -2.40. The average Bonchev–Trinajstić information content (AvgIpc) is 3.53. The molecule has 12 heteroatoms. The summed E-state index contributed by atoms with van der Waals surface area (Å²) in [5.74, 6) is 0.292. The molecule has 0 spiro atoms. The van der Waals surface area contributed by atoms with E-state index < -0.39 is 23.1 Å². The van der Waals surface area contributed by atoms with E-state index in [1.54, 1.807) is 41.9 Å². The minimum atomic E-state index is -4.62. The molecule has 3 aromatic carbocycles. The molecule has 0 bridgehead atoms. The van der Waals surface area contributed by atoms with Crippen molar-refractivity contribution in [1.82, 2.24) is 30.0 Å². The number of rotatable bonds is 7.